The van der Waals surface area contributed by atoms with Crippen molar-refractivity contribution in [1.29, 1.82) is 0 Å². The van der Waals surface area contributed by atoms with Crippen LogP contribution >= 0.6 is 0 Å². The minimum atomic E-state index is -3.71. The largest absolute Gasteiger partial charge is 0.511 e. The van der Waals surface area contributed by atoms with E-state index in [1.165, 1.54) is 0 Å². The van der Waals surface area contributed by atoms with Crippen molar-refractivity contribution < 1.29 is 27.3 Å². The number of nitrogens with zero attached hydrogens (tertiary/aromatic N) is 1. The van der Waals surface area contributed by atoms with Crippen LogP contribution in [0.2, 0.25) is 0 Å². The van der Waals surface area contributed by atoms with Gasteiger partial charge in [0.25, 0.3) is 0 Å². The molecule has 1 aliphatic rings. The van der Waals surface area contributed by atoms with Crippen molar-refractivity contribution in [3.63, 3.8) is 0 Å². The van der Waals surface area contributed by atoms with E-state index in [1.807, 2.05) is 0 Å². The van der Waals surface area contributed by atoms with Gasteiger partial charge in [0.05, 0.1) is 13.2 Å². The molecule has 1 aliphatic heterocycles. The van der Waals surface area contributed by atoms with Gasteiger partial charge in [-0.15, -0.1) is 0 Å². The van der Waals surface area contributed by atoms with Gasteiger partial charge in [0.2, 0.25) is 20.7 Å². The lowest BCUT2D eigenvalue weighted by atomic mass is 10.4. The topological polar surface area (TPSA) is 117 Å². The van der Waals surface area contributed by atoms with Crippen molar-refractivity contribution in [2.24, 2.45) is 0 Å². The SMILES string of the molecule is O=C(c1ccc(S(=O)(=O)C2COC2)o1)[N+](=O)[O-]. The Hall–Kier alpha value is -1.74. The number of sulfone groups is 1. The summed E-state index contributed by atoms with van der Waals surface area (Å²) in [4.78, 5) is 19.9. The number of hydrogen-bond donors (Lipinski definition) is 0. The van der Waals surface area contributed by atoms with Crippen molar-refractivity contribution in [3.8, 4) is 0 Å². The molecule has 0 radical (unpaired) electrons. The van der Waals surface area contributed by atoms with Gasteiger partial charge in [-0.2, -0.15) is 0 Å². The molecule has 8 nitrogen and oxygen atoms in total. The lowest BCUT2D eigenvalue weighted by molar-refractivity contribution is -0.376. The summed E-state index contributed by atoms with van der Waals surface area (Å²) in [5.41, 5.74) is 0. The molecule has 0 aromatic carbocycles. The molecule has 9 heteroatoms. The van der Waals surface area contributed by atoms with Gasteiger partial charge in [0.15, 0.2) is 0 Å². The maximum atomic E-state index is 11.8. The Labute approximate surface area is 95.2 Å². The Morgan fingerprint density at radius 1 is 1.41 bits per heavy atom. The molecule has 0 saturated carbocycles. The van der Waals surface area contributed by atoms with Gasteiger partial charge in [-0.1, -0.05) is 0 Å². The molecule has 0 aliphatic carbocycles. The third-order valence-corrected chi connectivity index (χ3v) is 4.21. The molecule has 1 fully saturated rings. The Kier molecular flexibility index (Phi) is 2.71. The van der Waals surface area contributed by atoms with Crippen molar-refractivity contribution in [2.75, 3.05) is 13.2 Å². The fourth-order valence-corrected chi connectivity index (χ4v) is 2.58. The number of nitro groups is 1. The first-order valence-corrected chi connectivity index (χ1v) is 6.08. The second kappa shape index (κ2) is 3.93. The average Bonchev–Trinajstić information content (AvgIpc) is 2.61. The summed E-state index contributed by atoms with van der Waals surface area (Å²) in [7, 11) is -3.71. The Bertz CT molecular complexity index is 568. The summed E-state index contributed by atoms with van der Waals surface area (Å²) in [6, 6.07) is 2.00. The lowest BCUT2D eigenvalue weighted by Gasteiger charge is -2.24. The van der Waals surface area contributed by atoms with Gasteiger partial charge in [-0.25, -0.2) is 13.2 Å². The van der Waals surface area contributed by atoms with Gasteiger partial charge < -0.3 is 9.15 Å². The van der Waals surface area contributed by atoms with E-state index in [2.05, 4.69) is 0 Å². The molecule has 0 atom stereocenters. The van der Waals surface area contributed by atoms with Crippen LogP contribution in [-0.4, -0.2) is 37.7 Å². The number of carbonyl (C=O) groups excluding carboxylic acids is 1. The second-order valence-corrected chi connectivity index (χ2v) is 5.54. The van der Waals surface area contributed by atoms with Gasteiger partial charge in [-0.05, 0) is 12.1 Å². The highest BCUT2D eigenvalue weighted by Gasteiger charge is 2.37. The lowest BCUT2D eigenvalue weighted by Crippen LogP contribution is -2.40. The molecule has 1 amide bonds. The fourth-order valence-electron chi connectivity index (χ4n) is 1.24. The van der Waals surface area contributed by atoms with Crippen LogP contribution in [0, 0.1) is 10.1 Å². The molecular weight excluding hydrogens is 254 g/mol. The summed E-state index contributed by atoms with van der Waals surface area (Å²) < 4.78 is 33.0. The first-order chi connectivity index (χ1) is 7.93. The molecule has 1 saturated heterocycles. The normalized spacial score (nSPS) is 16.5. The second-order valence-electron chi connectivity index (χ2n) is 3.39. The molecular formula is C8H7NO7S. The molecule has 0 spiro atoms. The summed E-state index contributed by atoms with van der Waals surface area (Å²) >= 11 is 0. The van der Waals surface area contributed by atoms with E-state index < -0.39 is 36.8 Å². The molecule has 1 aromatic heterocycles. The zero-order chi connectivity index (χ0) is 12.6. The molecule has 0 N–H and O–H groups in total. The number of amides is 1. The number of furan rings is 1. The summed E-state index contributed by atoms with van der Waals surface area (Å²) in [5.74, 6) is -2.08. The van der Waals surface area contributed by atoms with E-state index >= 15 is 0 Å². The van der Waals surface area contributed by atoms with Crippen molar-refractivity contribution in [1.82, 2.24) is 0 Å². The highest BCUT2D eigenvalue weighted by Crippen LogP contribution is 2.23. The maximum absolute atomic E-state index is 11.8. The standard InChI is InChI=1S/C8H7NO7S/c10-8(9(11)12)6-1-2-7(16-6)17(13,14)5-3-15-4-5/h1-2,5H,3-4H2. The first kappa shape index (κ1) is 11.7. The van der Waals surface area contributed by atoms with E-state index in [0.29, 0.717) is 0 Å². The predicted molar refractivity (Wildman–Crippen MR) is 51.8 cm³/mol. The van der Waals surface area contributed by atoms with E-state index in [0.717, 1.165) is 12.1 Å². The quantitative estimate of drug-likeness (QED) is 0.549. The minimum Gasteiger partial charge on any atom is -0.434 e. The van der Waals surface area contributed by atoms with Crippen molar-refractivity contribution >= 4 is 15.7 Å². The molecule has 92 valence electrons. The average molecular weight is 261 g/mol. The highest BCUT2D eigenvalue weighted by atomic mass is 32.2. The highest BCUT2D eigenvalue weighted by molar-refractivity contribution is 7.92. The zero-order valence-electron chi connectivity index (χ0n) is 8.36. The van der Waals surface area contributed by atoms with Crippen LogP contribution in [0.25, 0.3) is 0 Å². The summed E-state index contributed by atoms with van der Waals surface area (Å²) in [5, 5.41) is 9.02. The van der Waals surface area contributed by atoms with Gasteiger partial charge >= 0.3 is 5.91 Å². The molecule has 1 aromatic rings. The number of carbonyl (C=O) groups is 1. The van der Waals surface area contributed by atoms with Crippen LogP contribution in [0.15, 0.2) is 21.6 Å². The molecule has 0 unspecified atom stereocenters. The maximum Gasteiger partial charge on any atom is 0.511 e. The van der Waals surface area contributed by atoms with Crippen LogP contribution < -0.4 is 0 Å². The van der Waals surface area contributed by atoms with Crippen molar-refractivity contribution in [2.45, 2.75) is 10.3 Å². The Morgan fingerprint density at radius 3 is 2.53 bits per heavy atom. The van der Waals surface area contributed by atoms with E-state index in [1.54, 1.807) is 0 Å². The van der Waals surface area contributed by atoms with Gasteiger partial charge in [0, 0.05) is 0 Å². The van der Waals surface area contributed by atoms with Gasteiger partial charge in [0.1, 0.15) is 10.2 Å². The van der Waals surface area contributed by atoms with Crippen molar-refractivity contribution in [3.05, 3.63) is 28.0 Å². The Morgan fingerprint density at radius 2 is 2.06 bits per heavy atom. The summed E-state index contributed by atoms with van der Waals surface area (Å²) in [6.45, 7) is 0.114. The molecule has 2 heterocycles. The number of hydrogen-bond acceptors (Lipinski definition) is 7. The monoisotopic (exact) mass is 261 g/mol. The van der Waals surface area contributed by atoms with E-state index in [4.69, 9.17) is 9.15 Å². The third kappa shape index (κ3) is 1.94. The summed E-state index contributed by atoms with van der Waals surface area (Å²) in [6.07, 6.45) is 0. The molecule has 2 rings (SSSR count). The smallest absolute Gasteiger partial charge is 0.434 e. The zero-order valence-corrected chi connectivity index (χ0v) is 9.18. The van der Waals surface area contributed by atoms with E-state index in [9.17, 15) is 23.3 Å². The van der Waals surface area contributed by atoms with Crippen LogP contribution in [0.4, 0.5) is 0 Å². The van der Waals surface area contributed by atoms with Crippen LogP contribution in [-0.2, 0) is 14.6 Å². The van der Waals surface area contributed by atoms with Gasteiger partial charge in [-0.3, -0.25) is 10.1 Å². The Balaban J connectivity index is 2.30. The van der Waals surface area contributed by atoms with E-state index in [-0.39, 0.29) is 13.2 Å². The van der Waals surface area contributed by atoms with Crippen LogP contribution in [0.1, 0.15) is 10.6 Å². The fraction of sp³-hybridized carbons (Fsp3) is 0.375. The number of ether oxygens (including phenoxy) is 1. The molecule has 17 heavy (non-hydrogen) atoms. The number of rotatable bonds is 3. The van der Waals surface area contributed by atoms with Crippen LogP contribution in [0.5, 0.6) is 0 Å². The van der Waals surface area contributed by atoms with Crippen LogP contribution in [0.3, 0.4) is 0 Å². The molecule has 0 bridgehead atoms. The predicted octanol–water partition coefficient (Wildman–Crippen LogP) is -0.131. The third-order valence-electron chi connectivity index (χ3n) is 2.28. The first-order valence-electron chi connectivity index (χ1n) is 4.53. The minimum absolute atomic E-state index is 0.0571.